The fraction of sp³-hybridized carbons (Fsp3) is 0.176. The topological polar surface area (TPSA) is 90.6 Å². The van der Waals surface area contributed by atoms with Crippen molar-refractivity contribution >= 4 is 5.97 Å². The van der Waals surface area contributed by atoms with E-state index >= 15 is 0 Å². The summed E-state index contributed by atoms with van der Waals surface area (Å²) in [6, 6.07) is 13.7. The molecule has 0 bridgehead atoms. The van der Waals surface area contributed by atoms with Crippen LogP contribution in [-0.2, 0) is 14.9 Å². The zero-order chi connectivity index (χ0) is 16.2. The SMILES string of the molecule is CCOC(=O)C(C#N)(c1ccc(O)cc1)c1ccc(O)cc1. The molecule has 2 aromatic carbocycles. The Morgan fingerprint density at radius 3 is 1.77 bits per heavy atom. The molecular weight excluding hydrogens is 282 g/mol. The predicted octanol–water partition coefficient (Wildman–Crippen LogP) is 2.47. The average Bonchev–Trinajstić information content (AvgIpc) is 2.52. The second kappa shape index (κ2) is 6.19. The molecule has 2 N–H and O–H groups in total. The first-order chi connectivity index (χ1) is 10.5. The third kappa shape index (κ3) is 2.59. The molecule has 0 spiro atoms. The molecule has 0 aliphatic carbocycles. The minimum Gasteiger partial charge on any atom is -0.508 e. The van der Waals surface area contributed by atoms with E-state index < -0.39 is 11.4 Å². The van der Waals surface area contributed by atoms with Gasteiger partial charge in [-0.25, -0.2) is 4.79 Å². The van der Waals surface area contributed by atoms with Gasteiger partial charge in [0.15, 0.2) is 0 Å². The van der Waals surface area contributed by atoms with E-state index in [0.717, 1.165) is 0 Å². The molecule has 0 heterocycles. The molecule has 0 atom stereocenters. The van der Waals surface area contributed by atoms with Crippen LogP contribution in [0.3, 0.4) is 0 Å². The molecule has 0 aliphatic rings. The standard InChI is InChI=1S/C17H15NO4/c1-2-22-16(21)17(11-18,12-3-7-14(19)8-4-12)13-5-9-15(20)10-6-13/h3-10,19-20H,2H2,1H3. The third-order valence-electron chi connectivity index (χ3n) is 3.35. The maximum absolute atomic E-state index is 12.5. The largest absolute Gasteiger partial charge is 0.508 e. The Morgan fingerprint density at radius 2 is 1.45 bits per heavy atom. The fourth-order valence-electron chi connectivity index (χ4n) is 2.24. The van der Waals surface area contributed by atoms with Gasteiger partial charge in [-0.05, 0) is 42.3 Å². The van der Waals surface area contributed by atoms with Crippen molar-refractivity contribution in [2.75, 3.05) is 6.61 Å². The number of phenolic OH excluding ortho intramolecular Hbond substituents is 2. The smallest absolute Gasteiger partial charge is 0.335 e. The van der Waals surface area contributed by atoms with Crippen LogP contribution in [-0.4, -0.2) is 22.8 Å². The summed E-state index contributed by atoms with van der Waals surface area (Å²) in [6.45, 7) is 1.80. The Balaban J connectivity index is 2.67. The highest BCUT2D eigenvalue weighted by Crippen LogP contribution is 2.35. The molecule has 5 heteroatoms. The quantitative estimate of drug-likeness (QED) is 0.846. The summed E-state index contributed by atoms with van der Waals surface area (Å²) in [4.78, 5) is 12.5. The number of aromatic hydroxyl groups is 2. The first-order valence-corrected chi connectivity index (χ1v) is 6.72. The van der Waals surface area contributed by atoms with E-state index in [4.69, 9.17) is 4.74 Å². The van der Waals surface area contributed by atoms with Gasteiger partial charge in [0.1, 0.15) is 11.5 Å². The van der Waals surface area contributed by atoms with E-state index in [1.54, 1.807) is 6.92 Å². The number of nitrogens with zero attached hydrogens (tertiary/aromatic N) is 1. The number of ether oxygens (including phenoxy) is 1. The van der Waals surface area contributed by atoms with Gasteiger partial charge in [-0.15, -0.1) is 0 Å². The number of hydrogen-bond donors (Lipinski definition) is 2. The van der Waals surface area contributed by atoms with E-state index in [9.17, 15) is 20.3 Å². The van der Waals surface area contributed by atoms with Gasteiger partial charge in [0.2, 0.25) is 5.41 Å². The van der Waals surface area contributed by atoms with E-state index in [2.05, 4.69) is 0 Å². The van der Waals surface area contributed by atoms with Crippen LogP contribution in [0, 0.1) is 11.3 Å². The lowest BCUT2D eigenvalue weighted by atomic mass is 9.75. The molecule has 22 heavy (non-hydrogen) atoms. The van der Waals surface area contributed by atoms with Crippen LogP contribution < -0.4 is 0 Å². The molecule has 0 aromatic heterocycles. The molecule has 0 saturated heterocycles. The van der Waals surface area contributed by atoms with E-state index in [0.29, 0.717) is 11.1 Å². The van der Waals surface area contributed by atoms with Gasteiger partial charge < -0.3 is 14.9 Å². The van der Waals surface area contributed by atoms with Crippen LogP contribution >= 0.6 is 0 Å². The number of carbonyl (C=O) groups is 1. The van der Waals surface area contributed by atoms with E-state index in [-0.39, 0.29) is 18.1 Å². The second-order valence-electron chi connectivity index (χ2n) is 4.68. The summed E-state index contributed by atoms with van der Waals surface area (Å²) in [5.74, 6) is -0.635. The summed E-state index contributed by atoms with van der Waals surface area (Å²) >= 11 is 0. The summed E-state index contributed by atoms with van der Waals surface area (Å²) in [5.41, 5.74) is -0.883. The Bertz CT molecular complexity index is 653. The fourth-order valence-corrected chi connectivity index (χ4v) is 2.24. The van der Waals surface area contributed by atoms with Gasteiger partial charge >= 0.3 is 5.97 Å². The highest BCUT2D eigenvalue weighted by atomic mass is 16.5. The van der Waals surface area contributed by atoms with Gasteiger partial charge in [0.25, 0.3) is 0 Å². The van der Waals surface area contributed by atoms with Crippen molar-refractivity contribution in [3.05, 3.63) is 59.7 Å². The molecule has 5 nitrogen and oxygen atoms in total. The molecule has 0 saturated carbocycles. The van der Waals surface area contributed by atoms with Crippen molar-refractivity contribution in [1.82, 2.24) is 0 Å². The summed E-state index contributed by atoms with van der Waals surface area (Å²) in [5, 5.41) is 28.6. The number of esters is 1. The third-order valence-corrected chi connectivity index (χ3v) is 3.35. The lowest BCUT2D eigenvalue weighted by Gasteiger charge is -2.25. The maximum Gasteiger partial charge on any atom is 0.335 e. The van der Waals surface area contributed by atoms with Crippen LogP contribution in [0.2, 0.25) is 0 Å². The molecule has 112 valence electrons. The Hall–Kier alpha value is -3.00. The molecule has 0 aliphatic heterocycles. The summed E-state index contributed by atoms with van der Waals surface area (Å²) in [7, 11) is 0. The van der Waals surface area contributed by atoms with Crippen LogP contribution in [0.1, 0.15) is 18.1 Å². The molecule has 0 amide bonds. The second-order valence-corrected chi connectivity index (χ2v) is 4.68. The Kier molecular flexibility index (Phi) is 4.33. The van der Waals surface area contributed by atoms with Crippen molar-refractivity contribution in [3.8, 4) is 17.6 Å². The van der Waals surface area contributed by atoms with Crippen LogP contribution in [0.25, 0.3) is 0 Å². The van der Waals surface area contributed by atoms with E-state index in [1.807, 2.05) is 6.07 Å². The summed E-state index contributed by atoms with van der Waals surface area (Å²) in [6.07, 6.45) is 0. The monoisotopic (exact) mass is 297 g/mol. The van der Waals surface area contributed by atoms with Gasteiger partial charge in [-0.1, -0.05) is 24.3 Å². The predicted molar refractivity (Wildman–Crippen MR) is 79.2 cm³/mol. The van der Waals surface area contributed by atoms with Crippen molar-refractivity contribution in [1.29, 1.82) is 5.26 Å². The summed E-state index contributed by atoms with van der Waals surface area (Å²) < 4.78 is 5.08. The number of hydrogen-bond acceptors (Lipinski definition) is 5. The molecule has 2 rings (SSSR count). The minimum atomic E-state index is -1.66. The van der Waals surface area contributed by atoms with Crippen molar-refractivity contribution in [2.45, 2.75) is 12.3 Å². The van der Waals surface area contributed by atoms with Crippen LogP contribution in [0.5, 0.6) is 11.5 Å². The average molecular weight is 297 g/mol. The number of benzene rings is 2. The highest BCUT2D eigenvalue weighted by Gasteiger charge is 2.44. The van der Waals surface area contributed by atoms with E-state index in [1.165, 1.54) is 48.5 Å². The van der Waals surface area contributed by atoms with Gasteiger partial charge in [-0.2, -0.15) is 5.26 Å². The number of nitriles is 1. The van der Waals surface area contributed by atoms with Crippen molar-refractivity contribution in [3.63, 3.8) is 0 Å². The first kappa shape index (κ1) is 15.4. The molecule has 2 aromatic rings. The minimum absolute atomic E-state index is 0.0326. The molecule has 0 unspecified atom stereocenters. The lowest BCUT2D eigenvalue weighted by molar-refractivity contribution is -0.146. The van der Waals surface area contributed by atoms with Crippen molar-refractivity contribution < 1.29 is 19.7 Å². The Morgan fingerprint density at radius 1 is 1.05 bits per heavy atom. The zero-order valence-electron chi connectivity index (χ0n) is 12.0. The lowest BCUT2D eigenvalue weighted by Crippen LogP contribution is -2.37. The number of carbonyl (C=O) groups excluding carboxylic acids is 1. The number of rotatable bonds is 4. The van der Waals surface area contributed by atoms with Crippen molar-refractivity contribution in [2.24, 2.45) is 0 Å². The highest BCUT2D eigenvalue weighted by molar-refractivity contribution is 5.91. The normalized spacial score (nSPS) is 10.7. The molecule has 0 radical (unpaired) electrons. The van der Waals surface area contributed by atoms with Gasteiger partial charge in [0, 0.05) is 0 Å². The first-order valence-electron chi connectivity index (χ1n) is 6.72. The molecule has 0 fully saturated rings. The van der Waals surface area contributed by atoms with Crippen LogP contribution in [0.4, 0.5) is 0 Å². The van der Waals surface area contributed by atoms with Gasteiger partial charge in [0.05, 0.1) is 12.7 Å². The maximum atomic E-state index is 12.5. The van der Waals surface area contributed by atoms with Gasteiger partial charge in [-0.3, -0.25) is 0 Å². The number of phenols is 2. The zero-order valence-corrected chi connectivity index (χ0v) is 12.0. The van der Waals surface area contributed by atoms with Crippen LogP contribution in [0.15, 0.2) is 48.5 Å². The Labute approximate surface area is 128 Å². The molecular formula is C17H15NO4.